The summed E-state index contributed by atoms with van der Waals surface area (Å²) in [5.41, 5.74) is 1.06. The zero-order valence-corrected chi connectivity index (χ0v) is 17.0. The molecular weight excluding hydrogens is 418 g/mol. The molecule has 0 radical (unpaired) electrons. The van der Waals surface area contributed by atoms with Crippen molar-refractivity contribution < 1.29 is 19.0 Å². The maximum Gasteiger partial charge on any atom is 0.261 e. The van der Waals surface area contributed by atoms with Crippen molar-refractivity contribution in [1.29, 1.82) is 0 Å². The Kier molecular flexibility index (Phi) is 6.32. The number of hydrogen-bond donors (Lipinski definition) is 0. The molecule has 1 saturated heterocycles. The van der Waals surface area contributed by atoms with Gasteiger partial charge in [-0.05, 0) is 45.8 Å². The number of benzene rings is 2. The predicted molar refractivity (Wildman–Crippen MR) is 106 cm³/mol. The van der Waals surface area contributed by atoms with Crippen molar-refractivity contribution in [2.75, 3.05) is 33.1 Å². The Morgan fingerprint density at radius 1 is 1.15 bits per heavy atom. The van der Waals surface area contributed by atoms with E-state index in [2.05, 4.69) is 15.9 Å². The molecule has 0 saturated carbocycles. The standard InChI is InChI=1S/C19H20BrNO4S/c1-23-15-8-7-13(11-14(15)20)19-21(9-10-26-19)18(22)12-25-17-6-4-3-5-16(17)24-2/h3-8,11,19H,9-10,12H2,1-2H3/t19-/m0/s1. The lowest BCUT2D eigenvalue weighted by atomic mass is 10.2. The van der Waals surface area contributed by atoms with Crippen LogP contribution in [0.15, 0.2) is 46.9 Å². The first-order valence-electron chi connectivity index (χ1n) is 8.14. The van der Waals surface area contributed by atoms with Crippen molar-refractivity contribution in [2.24, 2.45) is 0 Å². The van der Waals surface area contributed by atoms with Gasteiger partial charge in [0.2, 0.25) is 0 Å². The van der Waals surface area contributed by atoms with Crippen LogP contribution in [0, 0.1) is 0 Å². The first-order valence-corrected chi connectivity index (χ1v) is 9.98. The predicted octanol–water partition coefficient (Wildman–Crippen LogP) is 4.12. The van der Waals surface area contributed by atoms with Crippen molar-refractivity contribution in [3.8, 4) is 17.2 Å². The second-order valence-corrected chi connectivity index (χ2v) is 7.69. The minimum atomic E-state index is -0.0437. The lowest BCUT2D eigenvalue weighted by Gasteiger charge is -2.24. The van der Waals surface area contributed by atoms with Crippen LogP contribution >= 0.6 is 27.7 Å². The van der Waals surface area contributed by atoms with Gasteiger partial charge in [-0.3, -0.25) is 4.79 Å². The Hall–Kier alpha value is -1.86. The van der Waals surface area contributed by atoms with E-state index in [1.165, 1.54) is 0 Å². The number of amides is 1. The van der Waals surface area contributed by atoms with E-state index in [1.54, 1.807) is 32.0 Å². The molecule has 2 aromatic carbocycles. The third kappa shape index (κ3) is 4.10. The van der Waals surface area contributed by atoms with Gasteiger partial charge in [-0.2, -0.15) is 0 Å². The topological polar surface area (TPSA) is 48.0 Å². The number of thioether (sulfide) groups is 1. The van der Waals surface area contributed by atoms with Gasteiger partial charge < -0.3 is 19.1 Å². The number of hydrogen-bond acceptors (Lipinski definition) is 5. The van der Waals surface area contributed by atoms with E-state index in [0.29, 0.717) is 18.0 Å². The smallest absolute Gasteiger partial charge is 0.261 e. The fourth-order valence-corrected chi connectivity index (χ4v) is 4.62. The van der Waals surface area contributed by atoms with Crippen molar-refractivity contribution in [2.45, 2.75) is 5.37 Å². The molecule has 5 nitrogen and oxygen atoms in total. The molecule has 138 valence electrons. The van der Waals surface area contributed by atoms with Crippen LogP contribution in [0.4, 0.5) is 0 Å². The lowest BCUT2D eigenvalue weighted by Crippen LogP contribution is -2.34. The Bertz CT molecular complexity index is 786. The van der Waals surface area contributed by atoms with Crippen molar-refractivity contribution in [1.82, 2.24) is 4.90 Å². The van der Waals surface area contributed by atoms with E-state index in [-0.39, 0.29) is 17.9 Å². The fraction of sp³-hybridized carbons (Fsp3) is 0.316. The molecule has 2 aromatic rings. The number of nitrogens with zero attached hydrogens (tertiary/aromatic N) is 1. The molecule has 0 spiro atoms. The van der Waals surface area contributed by atoms with Crippen LogP contribution in [0.3, 0.4) is 0 Å². The third-order valence-corrected chi connectivity index (χ3v) is 5.97. The summed E-state index contributed by atoms with van der Waals surface area (Å²) in [5.74, 6) is 2.81. The van der Waals surface area contributed by atoms with Gasteiger partial charge in [-0.25, -0.2) is 0 Å². The van der Waals surface area contributed by atoms with Crippen LogP contribution < -0.4 is 14.2 Å². The van der Waals surface area contributed by atoms with Crippen LogP contribution in [0.25, 0.3) is 0 Å². The molecule has 0 aromatic heterocycles. The highest BCUT2D eigenvalue weighted by Gasteiger charge is 2.31. The highest BCUT2D eigenvalue weighted by atomic mass is 79.9. The van der Waals surface area contributed by atoms with Crippen molar-refractivity contribution in [3.05, 3.63) is 52.5 Å². The molecule has 0 bridgehead atoms. The van der Waals surface area contributed by atoms with Gasteiger partial charge in [0.05, 0.1) is 18.7 Å². The van der Waals surface area contributed by atoms with Crippen LogP contribution in [-0.4, -0.2) is 43.9 Å². The molecule has 7 heteroatoms. The van der Waals surface area contributed by atoms with E-state index in [1.807, 2.05) is 41.3 Å². The zero-order chi connectivity index (χ0) is 18.5. The minimum absolute atomic E-state index is 0.0191. The van der Waals surface area contributed by atoms with Gasteiger partial charge in [0, 0.05) is 12.3 Å². The third-order valence-electron chi connectivity index (χ3n) is 4.09. The summed E-state index contributed by atoms with van der Waals surface area (Å²) in [4.78, 5) is 14.6. The molecule has 1 fully saturated rings. The monoisotopic (exact) mass is 437 g/mol. The number of rotatable bonds is 6. The summed E-state index contributed by atoms with van der Waals surface area (Å²) in [6.45, 7) is 0.682. The van der Waals surface area contributed by atoms with Crippen molar-refractivity contribution in [3.63, 3.8) is 0 Å². The van der Waals surface area contributed by atoms with Crippen LogP contribution in [0.2, 0.25) is 0 Å². The van der Waals surface area contributed by atoms with E-state index in [9.17, 15) is 4.79 Å². The summed E-state index contributed by atoms with van der Waals surface area (Å²) >= 11 is 5.26. The quantitative estimate of drug-likeness (QED) is 0.679. The lowest BCUT2D eigenvalue weighted by molar-refractivity contribution is -0.133. The molecule has 1 aliphatic rings. The molecule has 1 amide bonds. The summed E-state index contributed by atoms with van der Waals surface area (Å²) in [7, 11) is 3.22. The van der Waals surface area contributed by atoms with Crippen LogP contribution in [-0.2, 0) is 4.79 Å². The second-order valence-electron chi connectivity index (χ2n) is 5.64. The second kappa shape index (κ2) is 8.68. The van der Waals surface area contributed by atoms with Gasteiger partial charge in [0.25, 0.3) is 5.91 Å². The summed E-state index contributed by atoms with van der Waals surface area (Å²) in [6.07, 6.45) is 0. The van der Waals surface area contributed by atoms with Crippen LogP contribution in [0.5, 0.6) is 17.2 Å². The average Bonchev–Trinajstić information content (AvgIpc) is 3.16. The number of para-hydroxylation sites is 2. The molecule has 0 aliphatic carbocycles. The fourth-order valence-electron chi connectivity index (χ4n) is 2.80. The van der Waals surface area contributed by atoms with Crippen molar-refractivity contribution >= 4 is 33.6 Å². The first-order chi connectivity index (χ1) is 12.6. The molecule has 3 rings (SSSR count). The minimum Gasteiger partial charge on any atom is -0.496 e. The van der Waals surface area contributed by atoms with Gasteiger partial charge in [0.1, 0.15) is 11.1 Å². The number of carbonyl (C=O) groups excluding carboxylic acids is 1. The maximum atomic E-state index is 12.7. The Morgan fingerprint density at radius 2 is 1.88 bits per heavy atom. The van der Waals surface area contributed by atoms with E-state index < -0.39 is 0 Å². The molecular formula is C19H20BrNO4S. The van der Waals surface area contributed by atoms with Gasteiger partial charge in [-0.15, -0.1) is 11.8 Å². The maximum absolute atomic E-state index is 12.7. The highest BCUT2D eigenvalue weighted by Crippen LogP contribution is 2.40. The number of halogens is 1. The number of ether oxygens (including phenoxy) is 3. The van der Waals surface area contributed by atoms with Gasteiger partial charge >= 0.3 is 0 Å². The largest absolute Gasteiger partial charge is 0.496 e. The molecule has 1 aliphatic heterocycles. The summed E-state index contributed by atoms with van der Waals surface area (Å²) < 4.78 is 17.1. The molecule has 1 heterocycles. The molecule has 1 atom stereocenters. The highest BCUT2D eigenvalue weighted by molar-refractivity contribution is 9.10. The molecule has 0 N–H and O–H groups in total. The Morgan fingerprint density at radius 3 is 2.58 bits per heavy atom. The number of methoxy groups -OCH3 is 2. The van der Waals surface area contributed by atoms with E-state index in [4.69, 9.17) is 14.2 Å². The van der Waals surface area contributed by atoms with Gasteiger partial charge in [-0.1, -0.05) is 18.2 Å². The average molecular weight is 438 g/mol. The number of carbonyl (C=O) groups is 1. The van der Waals surface area contributed by atoms with E-state index in [0.717, 1.165) is 21.5 Å². The zero-order valence-electron chi connectivity index (χ0n) is 14.6. The normalized spacial score (nSPS) is 16.4. The summed E-state index contributed by atoms with van der Waals surface area (Å²) in [6, 6.07) is 13.2. The molecule has 0 unspecified atom stereocenters. The van der Waals surface area contributed by atoms with Gasteiger partial charge in [0.15, 0.2) is 18.1 Å². The van der Waals surface area contributed by atoms with Crippen LogP contribution in [0.1, 0.15) is 10.9 Å². The Labute approximate surface area is 165 Å². The molecule has 26 heavy (non-hydrogen) atoms. The Balaban J connectivity index is 1.69. The SMILES string of the molecule is COc1ccc([C@@H]2SCCN2C(=O)COc2ccccc2OC)cc1Br. The summed E-state index contributed by atoms with van der Waals surface area (Å²) in [5, 5.41) is -0.0222. The first kappa shape index (κ1) is 18.9. The van der Waals surface area contributed by atoms with E-state index >= 15 is 0 Å².